The molecule has 1 N–H and O–H groups in total. The number of rotatable bonds is 0. The van der Waals surface area contributed by atoms with Crippen molar-refractivity contribution in [3.63, 3.8) is 0 Å². The van der Waals surface area contributed by atoms with Crippen LogP contribution in [0.2, 0.25) is 0 Å². The summed E-state index contributed by atoms with van der Waals surface area (Å²) >= 11 is 0. The number of halogens is 1. The van der Waals surface area contributed by atoms with Crippen molar-refractivity contribution < 1.29 is 0 Å². The van der Waals surface area contributed by atoms with E-state index in [1.807, 2.05) is 6.20 Å². The maximum Gasteiger partial charge on any atom is 0.0425 e. The van der Waals surface area contributed by atoms with Crippen LogP contribution in [-0.4, -0.2) is 17.2 Å². The molecular weight excluding hydrogens is 184 g/mol. The van der Waals surface area contributed by atoms with Crippen LogP contribution >= 0.6 is 12.4 Å². The lowest BCUT2D eigenvalue weighted by Gasteiger charge is -2.06. The van der Waals surface area contributed by atoms with Crippen molar-refractivity contribution in [2.45, 2.75) is 6.42 Å². The van der Waals surface area contributed by atoms with Crippen molar-refractivity contribution >= 4 is 30.3 Å². The van der Waals surface area contributed by atoms with E-state index in [-0.39, 0.29) is 12.4 Å². The molecule has 0 fully saturated rings. The van der Waals surface area contributed by atoms with Gasteiger partial charge in [0, 0.05) is 34.9 Å². The highest BCUT2D eigenvalue weighted by atomic mass is 35.5. The number of hydrogen-bond acceptors (Lipinski definition) is 1. The number of fused-ring (bicyclic) bond motifs is 2. The highest BCUT2D eigenvalue weighted by Gasteiger charge is 2.18. The van der Waals surface area contributed by atoms with Crippen molar-refractivity contribution in [3.05, 3.63) is 22.8 Å². The number of nitrogens with one attached hydrogen (secondary N) is 1. The second-order valence-electron chi connectivity index (χ2n) is 3.36. The molecule has 13 heavy (non-hydrogen) atoms. The summed E-state index contributed by atoms with van der Waals surface area (Å²) in [7, 11) is 0. The average molecular weight is 195 g/mol. The Hall–Kier alpha value is -1.02. The van der Waals surface area contributed by atoms with Crippen LogP contribution in [0.3, 0.4) is 0 Å². The lowest BCUT2D eigenvalue weighted by molar-refractivity contribution is 0.847. The van der Waals surface area contributed by atoms with Gasteiger partial charge < -0.3 is 4.98 Å². The summed E-state index contributed by atoms with van der Waals surface area (Å²) in [6.45, 7) is 0.997. The molecule has 1 aromatic heterocycles. The van der Waals surface area contributed by atoms with Crippen molar-refractivity contribution in [1.82, 2.24) is 4.98 Å². The number of hydrogen-bond donors (Lipinski definition) is 1. The van der Waals surface area contributed by atoms with Crippen LogP contribution in [0.15, 0.2) is 17.3 Å². The molecule has 68 valence electrons. The Labute approximate surface area is 82.5 Å². The maximum atomic E-state index is 4.45. The van der Waals surface area contributed by atoms with E-state index in [9.17, 15) is 0 Å². The molecule has 2 nitrogen and oxygen atoms in total. The van der Waals surface area contributed by atoms with Gasteiger partial charge in [-0.2, -0.15) is 0 Å². The number of H-pyrrole nitrogens is 1. The summed E-state index contributed by atoms with van der Waals surface area (Å²) in [5, 5.41) is 2.55. The predicted octanol–water partition coefficient (Wildman–Crippen LogP) is 0.472. The quantitative estimate of drug-likeness (QED) is 0.622. The summed E-state index contributed by atoms with van der Waals surface area (Å²) in [4.78, 5) is 7.68. The molecule has 0 aromatic carbocycles. The molecule has 0 saturated carbocycles. The molecule has 0 spiro atoms. The third-order valence-electron chi connectivity index (χ3n) is 2.60. The number of aromatic amines is 1. The first-order valence-electron chi connectivity index (χ1n) is 4.35. The summed E-state index contributed by atoms with van der Waals surface area (Å²) in [6.07, 6.45) is 7.66. The van der Waals surface area contributed by atoms with Crippen molar-refractivity contribution in [1.29, 1.82) is 0 Å². The van der Waals surface area contributed by atoms with E-state index in [1.165, 1.54) is 22.7 Å². The molecule has 1 aliphatic heterocycles. The molecule has 1 unspecified atom stereocenters. The van der Waals surface area contributed by atoms with Gasteiger partial charge in [-0.25, -0.2) is 0 Å². The Bertz CT molecular complexity index is 456. The highest BCUT2D eigenvalue weighted by molar-refractivity contribution is 6.15. The topological polar surface area (TPSA) is 28.1 Å². The molecule has 3 rings (SSSR count). The zero-order valence-corrected chi connectivity index (χ0v) is 7.97. The molecule has 2 heterocycles. The van der Waals surface area contributed by atoms with E-state index in [0.29, 0.717) is 5.92 Å². The first-order valence-corrected chi connectivity index (χ1v) is 4.35. The Balaban J connectivity index is 0.000000653. The van der Waals surface area contributed by atoms with Crippen LogP contribution in [0, 0.1) is 5.92 Å². The second-order valence-corrected chi connectivity index (χ2v) is 3.36. The lowest BCUT2D eigenvalue weighted by Crippen LogP contribution is -2.30. The smallest absolute Gasteiger partial charge is 0.0425 e. The molecule has 0 radical (unpaired) electrons. The minimum absolute atomic E-state index is 0. The van der Waals surface area contributed by atoms with Gasteiger partial charge in [-0.15, -0.1) is 12.4 Å². The van der Waals surface area contributed by atoms with Crippen LogP contribution in [0.4, 0.5) is 0 Å². The minimum Gasteiger partial charge on any atom is -0.361 e. The fraction of sp³-hybridized carbons (Fsp3) is 0.300. The first-order chi connectivity index (χ1) is 5.93. The fourth-order valence-corrected chi connectivity index (χ4v) is 1.94. The third kappa shape index (κ3) is 1.22. The molecule has 0 bridgehead atoms. The molecule has 0 saturated heterocycles. The molecule has 3 heteroatoms. The summed E-state index contributed by atoms with van der Waals surface area (Å²) in [5.41, 5.74) is 1.27. The SMILES string of the molecule is C1=c2cc[nH]c2=CC2CCN=C12.Cl. The highest BCUT2D eigenvalue weighted by Crippen LogP contribution is 2.17. The molecular formula is C10H11ClN2. The van der Waals surface area contributed by atoms with E-state index in [1.54, 1.807) is 0 Å². The van der Waals surface area contributed by atoms with Gasteiger partial charge in [0.25, 0.3) is 0 Å². The Kier molecular flexibility index (Phi) is 2.00. The van der Waals surface area contributed by atoms with Gasteiger partial charge in [-0.05, 0) is 18.6 Å². The minimum atomic E-state index is 0. The number of aromatic nitrogens is 1. The summed E-state index contributed by atoms with van der Waals surface area (Å²) in [5.74, 6) is 0.580. The van der Waals surface area contributed by atoms with Gasteiger partial charge in [-0.1, -0.05) is 6.08 Å². The van der Waals surface area contributed by atoms with Gasteiger partial charge in [0.15, 0.2) is 0 Å². The monoisotopic (exact) mass is 194 g/mol. The molecule has 1 aliphatic carbocycles. The summed E-state index contributed by atoms with van der Waals surface area (Å²) < 4.78 is 0. The molecule has 2 aliphatic rings. The normalized spacial score (nSPS) is 23.1. The van der Waals surface area contributed by atoms with Gasteiger partial charge in [0.05, 0.1) is 0 Å². The molecule has 1 aromatic rings. The maximum absolute atomic E-state index is 4.45. The van der Waals surface area contributed by atoms with Crippen molar-refractivity contribution in [3.8, 4) is 0 Å². The zero-order valence-electron chi connectivity index (χ0n) is 7.16. The number of nitrogens with zero attached hydrogens (tertiary/aromatic N) is 1. The van der Waals surface area contributed by atoms with Crippen LogP contribution in [0.5, 0.6) is 0 Å². The van der Waals surface area contributed by atoms with Crippen molar-refractivity contribution in [2.75, 3.05) is 6.54 Å². The Morgan fingerprint density at radius 1 is 1.46 bits per heavy atom. The standard InChI is InChI=1S/C10H10N2.ClH/c1-3-11-9-6-8-2-4-12-10(8)5-7(1)9;/h1,3,5-6,8,11H,2,4H2;1H. The fourth-order valence-electron chi connectivity index (χ4n) is 1.94. The van der Waals surface area contributed by atoms with Crippen molar-refractivity contribution in [2.24, 2.45) is 10.9 Å². The first kappa shape index (κ1) is 8.57. The Morgan fingerprint density at radius 2 is 2.38 bits per heavy atom. The van der Waals surface area contributed by atoms with Crippen LogP contribution in [-0.2, 0) is 0 Å². The van der Waals surface area contributed by atoms with E-state index in [4.69, 9.17) is 0 Å². The third-order valence-corrected chi connectivity index (χ3v) is 2.60. The van der Waals surface area contributed by atoms with Gasteiger partial charge in [-0.3, -0.25) is 4.99 Å². The second kappa shape index (κ2) is 3.04. The van der Waals surface area contributed by atoms with Crippen LogP contribution in [0.25, 0.3) is 12.2 Å². The van der Waals surface area contributed by atoms with Gasteiger partial charge in [0.2, 0.25) is 0 Å². The average Bonchev–Trinajstić information content (AvgIpc) is 2.64. The largest absolute Gasteiger partial charge is 0.361 e. The molecule has 0 amide bonds. The van der Waals surface area contributed by atoms with E-state index in [0.717, 1.165) is 6.54 Å². The lowest BCUT2D eigenvalue weighted by atomic mass is 9.97. The zero-order chi connectivity index (χ0) is 7.97. The molecule has 1 atom stereocenters. The van der Waals surface area contributed by atoms with E-state index >= 15 is 0 Å². The predicted molar refractivity (Wildman–Crippen MR) is 56.6 cm³/mol. The van der Waals surface area contributed by atoms with Gasteiger partial charge in [0.1, 0.15) is 0 Å². The number of aliphatic imine (C=N–C) groups is 1. The summed E-state index contributed by atoms with van der Waals surface area (Å²) in [6, 6.07) is 2.10. The Morgan fingerprint density at radius 3 is 3.31 bits per heavy atom. The van der Waals surface area contributed by atoms with Gasteiger partial charge >= 0.3 is 0 Å². The van der Waals surface area contributed by atoms with Crippen LogP contribution < -0.4 is 10.6 Å². The van der Waals surface area contributed by atoms with Crippen LogP contribution in [0.1, 0.15) is 6.42 Å². The van der Waals surface area contributed by atoms with E-state index in [2.05, 4.69) is 28.2 Å². The van der Waals surface area contributed by atoms with E-state index < -0.39 is 0 Å².